The zero-order valence-corrected chi connectivity index (χ0v) is 8.84. The molecule has 14 heavy (non-hydrogen) atoms. The zero-order valence-electron chi connectivity index (χ0n) is 8.08. The van der Waals surface area contributed by atoms with Gasteiger partial charge in [0.1, 0.15) is 23.6 Å². The molecule has 2 heterocycles. The van der Waals surface area contributed by atoms with Crippen molar-refractivity contribution in [2.75, 3.05) is 0 Å². The highest BCUT2D eigenvalue weighted by atomic mass is 35.5. The first kappa shape index (κ1) is 8.57. The molecule has 1 fully saturated rings. The fourth-order valence-corrected chi connectivity index (χ4v) is 2.23. The van der Waals surface area contributed by atoms with Crippen LogP contribution in [0.5, 0.6) is 5.75 Å². The number of epoxide rings is 1. The maximum atomic E-state index is 5.92. The van der Waals surface area contributed by atoms with Gasteiger partial charge in [-0.3, -0.25) is 0 Å². The predicted molar refractivity (Wildman–Crippen MR) is 53.8 cm³/mol. The van der Waals surface area contributed by atoms with E-state index in [1.165, 1.54) is 0 Å². The summed E-state index contributed by atoms with van der Waals surface area (Å²) in [6.45, 7) is 4.10. The number of hydrogen-bond acceptors (Lipinski definition) is 2. The van der Waals surface area contributed by atoms with Crippen LogP contribution in [-0.2, 0) is 4.74 Å². The van der Waals surface area contributed by atoms with Crippen molar-refractivity contribution in [3.8, 4) is 5.75 Å². The van der Waals surface area contributed by atoms with Crippen LogP contribution in [0.4, 0.5) is 0 Å². The van der Waals surface area contributed by atoms with E-state index in [1.807, 2.05) is 18.2 Å². The molecule has 0 aromatic heterocycles. The molecule has 0 spiro atoms. The molecule has 2 unspecified atom stereocenters. The first-order valence-corrected chi connectivity index (χ1v) is 5.10. The molecule has 1 saturated heterocycles. The van der Waals surface area contributed by atoms with Gasteiger partial charge in [-0.05, 0) is 32.0 Å². The summed E-state index contributed by atoms with van der Waals surface area (Å²) >= 11 is 5.92. The Morgan fingerprint density at radius 1 is 1.36 bits per heavy atom. The minimum atomic E-state index is -0.217. The third-order valence-corrected chi connectivity index (χ3v) is 3.06. The first-order chi connectivity index (χ1) is 6.58. The largest absolute Gasteiger partial charge is 0.485 e. The van der Waals surface area contributed by atoms with Gasteiger partial charge in [0.2, 0.25) is 0 Å². The Hall–Kier alpha value is -0.730. The van der Waals surface area contributed by atoms with Crippen LogP contribution >= 0.6 is 11.6 Å². The lowest BCUT2D eigenvalue weighted by atomic mass is 9.94. The highest BCUT2D eigenvalue weighted by Crippen LogP contribution is 2.53. The second kappa shape index (κ2) is 2.44. The minimum absolute atomic E-state index is 0.187. The number of fused-ring (bicyclic) bond motifs is 3. The standard InChI is InChI=1S/C11H11ClO2/c1-11(2)10-9(13-10)7-5-6(12)3-4-8(7)14-11/h3-5,9-10H,1-2H3. The van der Waals surface area contributed by atoms with E-state index in [-0.39, 0.29) is 17.8 Å². The van der Waals surface area contributed by atoms with Crippen LogP contribution < -0.4 is 4.74 Å². The van der Waals surface area contributed by atoms with Gasteiger partial charge in [-0.15, -0.1) is 0 Å². The topological polar surface area (TPSA) is 21.8 Å². The van der Waals surface area contributed by atoms with Crippen LogP contribution in [0.1, 0.15) is 25.5 Å². The molecule has 0 radical (unpaired) electrons. The van der Waals surface area contributed by atoms with Gasteiger partial charge < -0.3 is 9.47 Å². The molecule has 0 aliphatic carbocycles. The van der Waals surface area contributed by atoms with E-state index in [0.29, 0.717) is 0 Å². The van der Waals surface area contributed by atoms with Gasteiger partial charge >= 0.3 is 0 Å². The van der Waals surface area contributed by atoms with Crippen molar-refractivity contribution >= 4 is 11.6 Å². The van der Waals surface area contributed by atoms with E-state index in [9.17, 15) is 0 Å². The molecule has 74 valence electrons. The smallest absolute Gasteiger partial charge is 0.132 e. The van der Waals surface area contributed by atoms with Gasteiger partial charge in [-0.1, -0.05) is 11.6 Å². The van der Waals surface area contributed by atoms with Crippen LogP contribution in [0.3, 0.4) is 0 Å². The van der Waals surface area contributed by atoms with Crippen LogP contribution in [0.2, 0.25) is 5.02 Å². The molecule has 3 rings (SSSR count). The van der Waals surface area contributed by atoms with Crippen LogP contribution in [0.25, 0.3) is 0 Å². The molecule has 2 aliphatic heterocycles. The van der Waals surface area contributed by atoms with Crippen LogP contribution in [0.15, 0.2) is 18.2 Å². The highest BCUT2D eigenvalue weighted by Gasteiger charge is 2.56. The summed E-state index contributed by atoms with van der Waals surface area (Å²) in [5.41, 5.74) is 0.868. The molecule has 0 saturated carbocycles. The molecule has 1 aromatic carbocycles. The van der Waals surface area contributed by atoms with Crippen molar-refractivity contribution in [2.24, 2.45) is 0 Å². The normalized spacial score (nSPS) is 31.4. The Kier molecular flexibility index (Phi) is 1.49. The lowest BCUT2D eigenvalue weighted by Gasteiger charge is -2.29. The van der Waals surface area contributed by atoms with Crippen molar-refractivity contribution in [1.82, 2.24) is 0 Å². The second-order valence-corrected chi connectivity index (χ2v) is 4.80. The van der Waals surface area contributed by atoms with Gasteiger partial charge in [0, 0.05) is 10.6 Å². The Balaban J connectivity index is 2.11. The first-order valence-electron chi connectivity index (χ1n) is 4.72. The van der Waals surface area contributed by atoms with E-state index >= 15 is 0 Å². The summed E-state index contributed by atoms with van der Waals surface area (Å²) in [5.74, 6) is 0.901. The lowest BCUT2D eigenvalue weighted by Crippen LogP contribution is -2.37. The molecular weight excluding hydrogens is 200 g/mol. The summed E-state index contributed by atoms with van der Waals surface area (Å²) in [4.78, 5) is 0. The quantitative estimate of drug-likeness (QED) is 0.614. The van der Waals surface area contributed by atoms with Crippen molar-refractivity contribution < 1.29 is 9.47 Å². The molecule has 2 aliphatic rings. The van der Waals surface area contributed by atoms with Crippen molar-refractivity contribution in [3.05, 3.63) is 28.8 Å². The monoisotopic (exact) mass is 210 g/mol. The van der Waals surface area contributed by atoms with Gasteiger partial charge in [0.05, 0.1) is 0 Å². The number of rotatable bonds is 0. The van der Waals surface area contributed by atoms with E-state index in [2.05, 4.69) is 13.8 Å². The molecular formula is C11H11ClO2. The van der Waals surface area contributed by atoms with Crippen molar-refractivity contribution in [2.45, 2.75) is 31.7 Å². The maximum Gasteiger partial charge on any atom is 0.132 e. The average molecular weight is 211 g/mol. The average Bonchev–Trinajstić information content (AvgIpc) is 2.86. The van der Waals surface area contributed by atoms with Gasteiger partial charge in [-0.2, -0.15) is 0 Å². The summed E-state index contributed by atoms with van der Waals surface area (Å²) in [6, 6.07) is 5.69. The number of ether oxygens (including phenoxy) is 2. The number of hydrogen-bond donors (Lipinski definition) is 0. The van der Waals surface area contributed by atoms with E-state index < -0.39 is 0 Å². The Morgan fingerprint density at radius 3 is 2.93 bits per heavy atom. The molecule has 0 bridgehead atoms. The Labute approximate surface area is 87.8 Å². The lowest BCUT2D eigenvalue weighted by molar-refractivity contribution is 0.0725. The van der Waals surface area contributed by atoms with Gasteiger partial charge in [0.15, 0.2) is 0 Å². The van der Waals surface area contributed by atoms with Crippen LogP contribution in [0, 0.1) is 0 Å². The zero-order chi connectivity index (χ0) is 9.92. The van der Waals surface area contributed by atoms with Gasteiger partial charge in [0.25, 0.3) is 0 Å². The third-order valence-electron chi connectivity index (χ3n) is 2.83. The third kappa shape index (κ3) is 1.07. The highest BCUT2D eigenvalue weighted by molar-refractivity contribution is 6.30. The van der Waals surface area contributed by atoms with Crippen molar-refractivity contribution in [1.29, 1.82) is 0 Å². The Bertz CT molecular complexity index is 400. The van der Waals surface area contributed by atoms with E-state index in [1.54, 1.807) is 0 Å². The fraction of sp³-hybridized carbons (Fsp3) is 0.455. The summed E-state index contributed by atoms with van der Waals surface area (Å²) in [6.07, 6.45) is 0.376. The second-order valence-electron chi connectivity index (χ2n) is 4.36. The molecule has 1 aromatic rings. The molecule has 3 heteroatoms. The van der Waals surface area contributed by atoms with Crippen LogP contribution in [-0.4, -0.2) is 11.7 Å². The summed E-state index contributed by atoms with van der Waals surface area (Å²) in [5, 5.41) is 0.737. The van der Waals surface area contributed by atoms with Crippen molar-refractivity contribution in [3.63, 3.8) is 0 Å². The van der Waals surface area contributed by atoms with E-state index in [0.717, 1.165) is 16.3 Å². The maximum absolute atomic E-state index is 5.92. The molecule has 0 amide bonds. The predicted octanol–water partition coefficient (Wildman–Crippen LogP) is 2.95. The minimum Gasteiger partial charge on any atom is -0.485 e. The SMILES string of the molecule is CC1(C)Oc2ccc(Cl)cc2C2OC21. The Morgan fingerprint density at radius 2 is 2.14 bits per heavy atom. The summed E-state index contributed by atoms with van der Waals surface area (Å²) in [7, 11) is 0. The summed E-state index contributed by atoms with van der Waals surface area (Å²) < 4.78 is 11.4. The molecule has 2 nitrogen and oxygen atoms in total. The fourth-order valence-electron chi connectivity index (χ4n) is 2.05. The molecule has 2 atom stereocenters. The molecule has 0 N–H and O–H groups in total. The number of benzene rings is 1. The van der Waals surface area contributed by atoms with Gasteiger partial charge in [-0.25, -0.2) is 0 Å². The number of halogens is 1. The van der Waals surface area contributed by atoms with E-state index in [4.69, 9.17) is 21.1 Å².